The van der Waals surface area contributed by atoms with Gasteiger partial charge in [-0.2, -0.15) is 0 Å². The predicted molar refractivity (Wildman–Crippen MR) is 142 cm³/mol. The van der Waals surface area contributed by atoms with Crippen LogP contribution in [0.25, 0.3) is 10.8 Å². The lowest BCUT2D eigenvalue weighted by atomic mass is 10.1. The van der Waals surface area contributed by atoms with Gasteiger partial charge in [0.05, 0.1) is 19.1 Å². The first-order chi connectivity index (χ1) is 18.7. The number of hydrogen-bond donors (Lipinski definition) is 1. The van der Waals surface area contributed by atoms with E-state index in [1.165, 1.54) is 24.0 Å². The minimum atomic E-state index is -0.943. The quantitative estimate of drug-likeness (QED) is 0.251. The number of esters is 2. The molecule has 0 saturated heterocycles. The highest BCUT2D eigenvalue weighted by Gasteiger charge is 2.22. The molecule has 1 N–H and O–H groups in total. The molecule has 2 amide bonds. The number of nitrogens with zero attached hydrogens (tertiary/aromatic N) is 2. The lowest BCUT2D eigenvalue weighted by Gasteiger charge is -2.28. The van der Waals surface area contributed by atoms with Crippen LogP contribution < -0.4 is 5.32 Å². The van der Waals surface area contributed by atoms with Crippen LogP contribution in [0.3, 0.4) is 0 Å². The molecule has 8 nitrogen and oxygen atoms in total. The van der Waals surface area contributed by atoms with Crippen molar-refractivity contribution in [1.29, 1.82) is 0 Å². The summed E-state index contributed by atoms with van der Waals surface area (Å²) in [5.74, 6) is -2.71. The number of pyridine rings is 1. The number of benzene rings is 2. The number of urea groups is 1. The summed E-state index contributed by atoms with van der Waals surface area (Å²) in [7, 11) is 1.56. The highest BCUT2D eigenvalue weighted by molar-refractivity contribution is 5.82. The van der Waals surface area contributed by atoms with Gasteiger partial charge in [0.1, 0.15) is 6.61 Å². The number of amides is 2. The summed E-state index contributed by atoms with van der Waals surface area (Å²) in [4.78, 5) is 42.1. The maximum absolute atomic E-state index is 13.9. The molecule has 2 aromatic carbocycles. The number of rotatable bonds is 13. The zero-order valence-electron chi connectivity index (χ0n) is 22.1. The lowest BCUT2D eigenvalue weighted by molar-refractivity contribution is -0.145. The number of hydrogen-bond acceptors (Lipinski definition) is 6. The summed E-state index contributed by atoms with van der Waals surface area (Å²) in [6, 6.07) is 12.7. The zero-order valence-corrected chi connectivity index (χ0v) is 22.1. The SMILES string of the molecule is CC(=O)OCCC[C@H](COC(=O)CCc1cc2ccccc2cn1)N(C)C(=O)NCCc1cccc(F)c1F. The molecule has 208 valence electrons. The smallest absolute Gasteiger partial charge is 0.317 e. The Balaban J connectivity index is 1.51. The number of nitrogens with one attached hydrogen (secondary N) is 1. The standard InChI is InChI=1S/C29H33F2N3O5/c1-20(35)38-16-6-10-25(34(2)29(37)32-15-14-21-9-5-11-26(30)28(21)31)19-39-27(36)13-12-24-17-22-7-3-4-8-23(22)18-33-24/h3-5,7-9,11,17-18,25H,6,10,12-16,19H2,1-2H3,(H,32,37)/t25-/m1/s1. The second-order valence-electron chi connectivity index (χ2n) is 9.15. The van der Waals surface area contributed by atoms with Crippen LogP contribution in [0.15, 0.2) is 54.7 Å². The monoisotopic (exact) mass is 541 g/mol. The Labute approximate surface area is 226 Å². The average molecular weight is 542 g/mol. The highest BCUT2D eigenvalue weighted by atomic mass is 19.2. The molecule has 0 spiro atoms. The molecule has 1 aromatic heterocycles. The Morgan fingerprint density at radius 1 is 1.03 bits per heavy atom. The molecule has 0 unspecified atom stereocenters. The van der Waals surface area contributed by atoms with Gasteiger partial charge in [-0.15, -0.1) is 0 Å². The Hall–Kier alpha value is -4.08. The second kappa shape index (κ2) is 14.8. The maximum Gasteiger partial charge on any atom is 0.317 e. The van der Waals surface area contributed by atoms with Crippen LogP contribution in [0.1, 0.15) is 37.4 Å². The van der Waals surface area contributed by atoms with E-state index >= 15 is 0 Å². The van der Waals surface area contributed by atoms with Crippen LogP contribution in [0.5, 0.6) is 0 Å². The van der Waals surface area contributed by atoms with E-state index in [2.05, 4.69) is 10.3 Å². The van der Waals surface area contributed by atoms with Crippen LogP contribution in [0, 0.1) is 11.6 Å². The van der Waals surface area contributed by atoms with E-state index in [1.54, 1.807) is 13.2 Å². The molecule has 0 aliphatic carbocycles. The van der Waals surface area contributed by atoms with Gasteiger partial charge in [-0.05, 0) is 42.3 Å². The molecule has 39 heavy (non-hydrogen) atoms. The first kappa shape index (κ1) is 29.5. The Bertz CT molecular complexity index is 1290. The van der Waals surface area contributed by atoms with Crippen LogP contribution in [0.4, 0.5) is 13.6 Å². The van der Waals surface area contributed by atoms with Crippen molar-refractivity contribution in [3.8, 4) is 0 Å². The summed E-state index contributed by atoms with van der Waals surface area (Å²) >= 11 is 0. The van der Waals surface area contributed by atoms with Gasteiger partial charge in [-0.3, -0.25) is 14.6 Å². The minimum absolute atomic E-state index is 0.0491. The van der Waals surface area contributed by atoms with E-state index in [4.69, 9.17) is 9.47 Å². The van der Waals surface area contributed by atoms with Gasteiger partial charge in [0.2, 0.25) is 0 Å². The van der Waals surface area contributed by atoms with Crippen LogP contribution in [-0.4, -0.2) is 60.7 Å². The number of likely N-dealkylation sites (N-methyl/N-ethyl adjacent to an activating group) is 1. The van der Waals surface area contributed by atoms with Gasteiger partial charge in [0, 0.05) is 44.2 Å². The zero-order chi connectivity index (χ0) is 28.2. The topological polar surface area (TPSA) is 97.8 Å². The number of ether oxygens (including phenoxy) is 2. The van der Waals surface area contributed by atoms with Crippen molar-refractivity contribution >= 4 is 28.7 Å². The number of aryl methyl sites for hydroxylation is 1. The van der Waals surface area contributed by atoms with Gasteiger partial charge < -0.3 is 19.7 Å². The fourth-order valence-electron chi connectivity index (χ4n) is 4.02. The molecule has 1 atom stereocenters. The van der Waals surface area contributed by atoms with Gasteiger partial charge in [0.25, 0.3) is 0 Å². The lowest BCUT2D eigenvalue weighted by Crippen LogP contribution is -2.46. The summed E-state index contributed by atoms with van der Waals surface area (Å²) < 4.78 is 37.7. The number of aromatic nitrogens is 1. The molecule has 3 rings (SSSR count). The van der Waals surface area contributed by atoms with Gasteiger partial charge in [-0.1, -0.05) is 36.4 Å². The van der Waals surface area contributed by atoms with E-state index in [9.17, 15) is 23.2 Å². The summed E-state index contributed by atoms with van der Waals surface area (Å²) in [5, 5.41) is 4.73. The van der Waals surface area contributed by atoms with E-state index < -0.39 is 35.6 Å². The summed E-state index contributed by atoms with van der Waals surface area (Å²) in [6.45, 7) is 1.52. The first-order valence-corrected chi connectivity index (χ1v) is 12.8. The first-order valence-electron chi connectivity index (χ1n) is 12.8. The molecule has 0 aliphatic heterocycles. The number of fused-ring (bicyclic) bond motifs is 1. The van der Waals surface area contributed by atoms with Crippen molar-refractivity contribution in [3.05, 3.63) is 77.6 Å². The third-order valence-electron chi connectivity index (χ3n) is 6.27. The van der Waals surface area contributed by atoms with E-state index in [0.717, 1.165) is 22.5 Å². The largest absolute Gasteiger partial charge is 0.466 e. The molecule has 1 heterocycles. The van der Waals surface area contributed by atoms with Gasteiger partial charge in [-0.25, -0.2) is 13.6 Å². The number of carbonyl (C=O) groups excluding carboxylic acids is 3. The fourth-order valence-corrected chi connectivity index (χ4v) is 4.02. The van der Waals surface area contributed by atoms with Crippen LogP contribution in [-0.2, 0) is 31.9 Å². The predicted octanol–water partition coefficient (Wildman–Crippen LogP) is 4.58. The second-order valence-corrected chi connectivity index (χ2v) is 9.15. The Morgan fingerprint density at radius 3 is 2.56 bits per heavy atom. The molecule has 10 heteroatoms. The van der Waals surface area contributed by atoms with E-state index in [1.807, 2.05) is 30.3 Å². The highest BCUT2D eigenvalue weighted by Crippen LogP contribution is 2.15. The van der Waals surface area contributed by atoms with Crippen LogP contribution in [0.2, 0.25) is 0 Å². The minimum Gasteiger partial charge on any atom is -0.466 e. The van der Waals surface area contributed by atoms with Crippen molar-refractivity contribution in [2.24, 2.45) is 0 Å². The third kappa shape index (κ3) is 9.31. The van der Waals surface area contributed by atoms with Crippen molar-refractivity contribution in [3.63, 3.8) is 0 Å². The number of carbonyl (C=O) groups is 3. The van der Waals surface area contributed by atoms with Gasteiger partial charge in [0.15, 0.2) is 11.6 Å². The Kier molecular flexibility index (Phi) is 11.1. The molecule has 3 aromatic rings. The molecule has 0 radical (unpaired) electrons. The summed E-state index contributed by atoms with van der Waals surface area (Å²) in [6.07, 6.45) is 3.28. The Morgan fingerprint density at radius 2 is 1.79 bits per heavy atom. The summed E-state index contributed by atoms with van der Waals surface area (Å²) in [5.41, 5.74) is 0.931. The average Bonchev–Trinajstić information content (AvgIpc) is 2.93. The van der Waals surface area contributed by atoms with Crippen molar-refractivity contribution < 1.29 is 32.6 Å². The fraction of sp³-hybridized carbons (Fsp3) is 0.379. The van der Waals surface area contributed by atoms with E-state index in [0.29, 0.717) is 19.3 Å². The molecule has 0 bridgehead atoms. The molecule has 0 saturated carbocycles. The number of halogens is 2. The molecular formula is C29H33F2N3O5. The third-order valence-corrected chi connectivity index (χ3v) is 6.27. The van der Waals surface area contributed by atoms with Crippen molar-refractivity contribution in [2.45, 2.75) is 45.1 Å². The van der Waals surface area contributed by atoms with Gasteiger partial charge >= 0.3 is 18.0 Å². The van der Waals surface area contributed by atoms with E-state index in [-0.39, 0.29) is 38.2 Å². The maximum atomic E-state index is 13.9. The van der Waals surface area contributed by atoms with Crippen molar-refractivity contribution in [2.75, 3.05) is 26.8 Å². The normalized spacial score (nSPS) is 11.6. The molecule has 0 aliphatic rings. The molecular weight excluding hydrogens is 508 g/mol. The molecule has 0 fully saturated rings. The van der Waals surface area contributed by atoms with Crippen LogP contribution >= 0.6 is 0 Å². The van der Waals surface area contributed by atoms with Crippen molar-refractivity contribution in [1.82, 2.24) is 15.2 Å².